The maximum atomic E-state index is 10.7. The highest BCUT2D eigenvalue weighted by Crippen LogP contribution is 2.26. The summed E-state index contributed by atoms with van der Waals surface area (Å²) in [5, 5.41) is 0. The van der Waals surface area contributed by atoms with Crippen molar-refractivity contribution in [3.05, 3.63) is 83.7 Å². The van der Waals surface area contributed by atoms with Crippen molar-refractivity contribution in [1.29, 1.82) is 0 Å². The Balaban J connectivity index is 0. The van der Waals surface area contributed by atoms with E-state index in [0.717, 1.165) is 23.8 Å². The highest BCUT2D eigenvalue weighted by atomic mass is 16.1. The van der Waals surface area contributed by atoms with Crippen LogP contribution < -0.4 is 0 Å². The van der Waals surface area contributed by atoms with Gasteiger partial charge in [-0.3, -0.25) is 4.79 Å². The first-order chi connectivity index (χ1) is 22.0. The second-order valence-corrected chi connectivity index (χ2v) is 13.1. The highest BCUT2D eigenvalue weighted by molar-refractivity contribution is 5.92. The molecule has 2 rings (SSSR count). The molecule has 0 aliphatic heterocycles. The van der Waals surface area contributed by atoms with Gasteiger partial charge in [-0.15, -0.1) is 0 Å². The summed E-state index contributed by atoms with van der Waals surface area (Å²) in [6.45, 7) is 27.2. The molecular formula is C44H75NO. The van der Waals surface area contributed by atoms with Gasteiger partial charge in [-0.25, -0.2) is 0 Å². The lowest BCUT2D eigenvalue weighted by atomic mass is 9.95. The zero-order chi connectivity index (χ0) is 35.3. The zero-order valence-corrected chi connectivity index (χ0v) is 32.6. The second-order valence-electron chi connectivity index (χ2n) is 13.1. The summed E-state index contributed by atoms with van der Waals surface area (Å²) in [5.41, 5.74) is 7.69. The maximum absolute atomic E-state index is 10.7. The monoisotopic (exact) mass is 634 g/mol. The summed E-state index contributed by atoms with van der Waals surface area (Å²) in [5.74, 6) is 2.07. The molecule has 0 N–H and O–H groups in total. The lowest BCUT2D eigenvalue weighted by Crippen LogP contribution is -2.03. The Morgan fingerprint density at radius 1 is 0.804 bits per heavy atom. The van der Waals surface area contributed by atoms with Gasteiger partial charge in [0.15, 0.2) is 5.78 Å². The van der Waals surface area contributed by atoms with E-state index in [1.807, 2.05) is 7.05 Å². The molecule has 0 saturated carbocycles. The molecule has 0 fully saturated rings. The normalized spacial score (nSPS) is 11.3. The van der Waals surface area contributed by atoms with Crippen LogP contribution in [0.15, 0.2) is 67.0 Å². The minimum atomic E-state index is 0.0914. The van der Waals surface area contributed by atoms with Gasteiger partial charge in [0.1, 0.15) is 0 Å². The van der Waals surface area contributed by atoms with Crippen molar-refractivity contribution < 1.29 is 4.79 Å². The van der Waals surface area contributed by atoms with E-state index < -0.39 is 0 Å². The lowest BCUT2D eigenvalue weighted by molar-refractivity contribution is -0.113. The Labute approximate surface area is 288 Å². The van der Waals surface area contributed by atoms with Crippen LogP contribution in [0.5, 0.6) is 0 Å². The van der Waals surface area contributed by atoms with Crippen LogP contribution >= 0.6 is 0 Å². The summed E-state index contributed by atoms with van der Waals surface area (Å²) in [6.07, 6.45) is 20.8. The van der Waals surface area contributed by atoms with E-state index in [4.69, 9.17) is 0 Å². The van der Waals surface area contributed by atoms with Gasteiger partial charge in [-0.1, -0.05) is 175 Å². The standard InChI is InChI=1S/C18H22.2C9H20.C8H13NO/c1-4-7-16-8-6-9-17(12-16)18-13-15(5-2)11-10-14(18)3;1-4-6-8-9(3)7-5-2;1-4-7-9(6-3)8-5-2;1-5-9(4)6-7(2)8(3)10/h6,8-13H,4-5,7H2,1-3H3;2*9H,4-8H2,1-3H3;5-6H,1H2,2-4H3/b;;;7-6+. The molecule has 2 heteroatoms. The average molecular weight is 634 g/mol. The van der Waals surface area contributed by atoms with E-state index in [1.54, 1.807) is 31.1 Å². The Hall–Kier alpha value is -2.61. The van der Waals surface area contributed by atoms with Gasteiger partial charge in [0.05, 0.1) is 0 Å². The number of ketones is 1. The van der Waals surface area contributed by atoms with E-state index >= 15 is 0 Å². The molecule has 1 unspecified atom stereocenters. The molecule has 0 aliphatic rings. The number of unbranched alkanes of at least 4 members (excludes halogenated alkanes) is 1. The number of benzene rings is 2. The second kappa shape index (κ2) is 29.8. The van der Waals surface area contributed by atoms with Crippen molar-refractivity contribution in [2.24, 2.45) is 11.8 Å². The minimum Gasteiger partial charge on any atom is -0.357 e. The summed E-state index contributed by atoms with van der Waals surface area (Å²) >= 11 is 0. The van der Waals surface area contributed by atoms with Gasteiger partial charge in [0.2, 0.25) is 0 Å². The third kappa shape index (κ3) is 22.8. The number of rotatable bonds is 17. The fourth-order valence-corrected chi connectivity index (χ4v) is 5.39. The molecule has 46 heavy (non-hydrogen) atoms. The molecule has 0 aromatic heterocycles. The number of nitrogens with zero attached hydrogens (tertiary/aromatic N) is 1. The number of allylic oxidation sites excluding steroid dienone is 1. The first-order valence-electron chi connectivity index (χ1n) is 18.7. The van der Waals surface area contributed by atoms with Gasteiger partial charge in [0, 0.05) is 18.8 Å². The van der Waals surface area contributed by atoms with Crippen LogP contribution in [0.4, 0.5) is 0 Å². The van der Waals surface area contributed by atoms with E-state index in [9.17, 15) is 4.79 Å². The van der Waals surface area contributed by atoms with E-state index in [1.165, 1.54) is 105 Å². The number of carbonyl (C=O) groups is 1. The molecule has 0 heterocycles. The highest BCUT2D eigenvalue weighted by Gasteiger charge is 2.04. The van der Waals surface area contributed by atoms with Crippen LogP contribution in [-0.2, 0) is 17.6 Å². The third-order valence-electron chi connectivity index (χ3n) is 8.53. The predicted octanol–water partition coefficient (Wildman–Crippen LogP) is 14.0. The van der Waals surface area contributed by atoms with Gasteiger partial charge in [0.25, 0.3) is 0 Å². The zero-order valence-electron chi connectivity index (χ0n) is 32.6. The molecule has 262 valence electrons. The summed E-state index contributed by atoms with van der Waals surface area (Å²) < 4.78 is 0. The maximum Gasteiger partial charge on any atom is 0.156 e. The number of hydrogen-bond donors (Lipinski definition) is 0. The SMILES string of the molecule is C=CN(C)/C=C(\C)C(C)=O.CCCC(CC)CCC.CCCCC(C)CCC.CCCc1cccc(-c2cc(CC)ccc2C)c1. The van der Waals surface area contributed by atoms with Crippen LogP contribution in [0.2, 0.25) is 0 Å². The van der Waals surface area contributed by atoms with Gasteiger partial charge < -0.3 is 4.90 Å². The van der Waals surface area contributed by atoms with Crippen molar-refractivity contribution in [1.82, 2.24) is 4.90 Å². The largest absolute Gasteiger partial charge is 0.357 e. The minimum absolute atomic E-state index is 0.0914. The first-order valence-corrected chi connectivity index (χ1v) is 18.7. The number of Topliss-reactive ketones (excluding diaryl/α,β-unsaturated/α-hetero) is 1. The van der Waals surface area contributed by atoms with Crippen molar-refractivity contribution in [3.8, 4) is 11.1 Å². The molecule has 0 spiro atoms. The summed E-state index contributed by atoms with van der Waals surface area (Å²) in [7, 11) is 1.83. The Morgan fingerprint density at radius 3 is 1.91 bits per heavy atom. The van der Waals surface area contributed by atoms with Crippen molar-refractivity contribution in [2.45, 2.75) is 160 Å². The molecule has 2 nitrogen and oxygen atoms in total. The predicted molar refractivity (Wildman–Crippen MR) is 210 cm³/mol. The Kier molecular flexibility index (Phi) is 29.5. The molecular weight excluding hydrogens is 558 g/mol. The molecule has 0 amide bonds. The molecule has 0 bridgehead atoms. The van der Waals surface area contributed by atoms with Gasteiger partial charge in [-0.05, 0) is 79.5 Å². The molecule has 2 aromatic rings. The van der Waals surface area contributed by atoms with Crippen LogP contribution in [0.25, 0.3) is 11.1 Å². The molecule has 1 atom stereocenters. The van der Waals surface area contributed by atoms with Crippen molar-refractivity contribution in [3.63, 3.8) is 0 Å². The smallest absolute Gasteiger partial charge is 0.156 e. The van der Waals surface area contributed by atoms with E-state index in [-0.39, 0.29) is 5.78 Å². The van der Waals surface area contributed by atoms with E-state index in [0.29, 0.717) is 0 Å². The topological polar surface area (TPSA) is 20.3 Å². The molecule has 0 radical (unpaired) electrons. The molecule has 2 aromatic carbocycles. The van der Waals surface area contributed by atoms with Crippen LogP contribution in [0.3, 0.4) is 0 Å². The van der Waals surface area contributed by atoms with Crippen LogP contribution in [0, 0.1) is 18.8 Å². The lowest BCUT2D eigenvalue weighted by Gasteiger charge is -2.10. The molecule has 0 aliphatic carbocycles. The van der Waals surface area contributed by atoms with Gasteiger partial charge in [-0.2, -0.15) is 0 Å². The summed E-state index contributed by atoms with van der Waals surface area (Å²) in [4.78, 5) is 12.4. The van der Waals surface area contributed by atoms with Crippen molar-refractivity contribution in [2.75, 3.05) is 7.05 Å². The number of aryl methyl sites for hydroxylation is 3. The third-order valence-corrected chi connectivity index (χ3v) is 8.53. The number of hydrogen-bond acceptors (Lipinski definition) is 2. The van der Waals surface area contributed by atoms with Crippen LogP contribution in [0.1, 0.15) is 157 Å². The fourth-order valence-electron chi connectivity index (χ4n) is 5.39. The Bertz CT molecular complexity index is 1060. The Morgan fingerprint density at radius 2 is 1.43 bits per heavy atom. The van der Waals surface area contributed by atoms with Crippen molar-refractivity contribution >= 4 is 5.78 Å². The van der Waals surface area contributed by atoms with Gasteiger partial charge >= 0.3 is 0 Å². The first kappa shape index (κ1) is 45.5. The number of carbonyl (C=O) groups excluding carboxylic acids is 1. The fraction of sp³-hybridized carbons (Fsp3) is 0.614. The van der Waals surface area contributed by atoms with E-state index in [2.05, 4.69) is 111 Å². The average Bonchev–Trinajstić information content (AvgIpc) is 3.05. The van der Waals surface area contributed by atoms with Crippen LogP contribution in [-0.4, -0.2) is 17.7 Å². The molecule has 0 saturated heterocycles. The quantitative estimate of drug-likeness (QED) is 0.162. The summed E-state index contributed by atoms with van der Waals surface area (Å²) in [6, 6.07) is 15.8.